The molecular formula is C16H15N3O3S. The second-order valence-corrected chi connectivity index (χ2v) is 5.75. The number of rotatable bonds is 4. The number of thiophene rings is 1. The summed E-state index contributed by atoms with van der Waals surface area (Å²) >= 11 is 1.20. The van der Waals surface area contributed by atoms with E-state index in [1.165, 1.54) is 18.4 Å². The first-order valence-corrected chi connectivity index (χ1v) is 7.65. The van der Waals surface area contributed by atoms with Crippen molar-refractivity contribution in [1.29, 1.82) is 0 Å². The molecule has 0 aliphatic carbocycles. The van der Waals surface area contributed by atoms with Gasteiger partial charge >= 0.3 is 5.97 Å². The highest BCUT2D eigenvalue weighted by Crippen LogP contribution is 2.38. The van der Waals surface area contributed by atoms with Crippen LogP contribution in [0.15, 0.2) is 42.6 Å². The molecule has 2 aromatic heterocycles. The van der Waals surface area contributed by atoms with E-state index < -0.39 is 5.97 Å². The number of hydrogen-bond acceptors (Lipinski definition) is 7. The number of nitrogens with two attached hydrogens (primary N) is 1. The van der Waals surface area contributed by atoms with Gasteiger partial charge in [-0.2, -0.15) is 0 Å². The molecule has 0 bridgehead atoms. The number of benzene rings is 1. The third-order valence-corrected chi connectivity index (χ3v) is 4.40. The quantitative estimate of drug-likeness (QED) is 0.585. The molecule has 3 aromatic rings. The van der Waals surface area contributed by atoms with E-state index in [9.17, 15) is 4.79 Å². The van der Waals surface area contributed by atoms with Crippen LogP contribution in [0.2, 0.25) is 0 Å². The maximum atomic E-state index is 11.8. The summed E-state index contributed by atoms with van der Waals surface area (Å²) in [5.74, 6) is 0.227. The fourth-order valence-electron chi connectivity index (χ4n) is 2.22. The Morgan fingerprint density at radius 2 is 2.00 bits per heavy atom. The Hall–Kier alpha value is -2.80. The van der Waals surface area contributed by atoms with Crippen LogP contribution >= 0.6 is 11.3 Å². The molecule has 0 saturated heterocycles. The second kappa shape index (κ2) is 6.13. The minimum atomic E-state index is -0.469. The van der Waals surface area contributed by atoms with Crippen molar-refractivity contribution in [2.24, 2.45) is 0 Å². The number of esters is 1. The fourth-order valence-corrected chi connectivity index (χ4v) is 3.23. The number of nitrogen functional groups attached to an aromatic ring is 1. The minimum absolute atomic E-state index is 0.343. The lowest BCUT2D eigenvalue weighted by Crippen LogP contribution is -2.22. The number of ether oxygens (including phenoxy) is 1. The second-order valence-electron chi connectivity index (χ2n) is 4.75. The molecule has 0 radical (unpaired) electrons. The maximum absolute atomic E-state index is 11.8. The van der Waals surface area contributed by atoms with E-state index in [0.717, 1.165) is 5.69 Å². The summed E-state index contributed by atoms with van der Waals surface area (Å²) in [5.41, 5.74) is 7.21. The molecule has 0 amide bonds. The van der Waals surface area contributed by atoms with Crippen molar-refractivity contribution in [2.75, 3.05) is 25.0 Å². The lowest BCUT2D eigenvalue weighted by Gasteiger charge is -2.20. The number of anilines is 2. The van der Waals surface area contributed by atoms with Gasteiger partial charge in [-0.25, -0.2) is 14.8 Å². The Morgan fingerprint density at radius 1 is 1.26 bits per heavy atom. The molecule has 0 aliphatic heterocycles. The summed E-state index contributed by atoms with van der Waals surface area (Å²) in [6.07, 6.45) is 1.65. The molecule has 118 valence electrons. The van der Waals surface area contributed by atoms with Gasteiger partial charge < -0.3 is 15.3 Å². The average Bonchev–Trinajstić information content (AvgIpc) is 2.92. The number of nitrogens with zero attached hydrogens (tertiary/aromatic N) is 2. The van der Waals surface area contributed by atoms with Crippen LogP contribution in [0.3, 0.4) is 0 Å². The van der Waals surface area contributed by atoms with Crippen LogP contribution in [0.5, 0.6) is 5.75 Å². The molecule has 0 aliphatic rings. The Balaban J connectivity index is 2.03. The number of pyridine rings is 1. The standard InChI is InChI=1S/C16H15N3O3S/c1-19(22-10-6-4-3-5-7-10)11-8-9-18-15-12(11)13(17)14(23-15)16(20)21-2/h3-9H,17H2,1-2H3. The predicted molar refractivity (Wildman–Crippen MR) is 90.8 cm³/mol. The Labute approximate surface area is 137 Å². The van der Waals surface area contributed by atoms with Gasteiger partial charge in [-0.15, -0.1) is 11.3 Å². The first kappa shape index (κ1) is 15.1. The van der Waals surface area contributed by atoms with E-state index in [4.69, 9.17) is 15.3 Å². The van der Waals surface area contributed by atoms with Gasteiger partial charge in [-0.1, -0.05) is 18.2 Å². The van der Waals surface area contributed by atoms with Gasteiger partial charge in [0.1, 0.15) is 9.71 Å². The van der Waals surface area contributed by atoms with Crippen LogP contribution in [0.4, 0.5) is 11.4 Å². The van der Waals surface area contributed by atoms with E-state index in [-0.39, 0.29) is 0 Å². The topological polar surface area (TPSA) is 77.7 Å². The fraction of sp³-hybridized carbons (Fsp3) is 0.125. The average molecular weight is 329 g/mol. The number of carbonyl (C=O) groups is 1. The molecule has 0 atom stereocenters. The van der Waals surface area contributed by atoms with Gasteiger partial charge in [0, 0.05) is 13.2 Å². The SMILES string of the molecule is COC(=O)c1sc2nccc(N(C)Oc3ccccc3)c2c1N. The number of aromatic nitrogens is 1. The third kappa shape index (κ3) is 2.78. The van der Waals surface area contributed by atoms with E-state index in [2.05, 4.69) is 4.98 Å². The molecule has 0 unspecified atom stereocenters. The lowest BCUT2D eigenvalue weighted by atomic mass is 10.2. The number of carbonyl (C=O) groups excluding carboxylic acids is 1. The molecule has 0 saturated carbocycles. The van der Waals surface area contributed by atoms with Gasteiger partial charge in [-0.3, -0.25) is 0 Å². The molecule has 7 heteroatoms. The van der Waals surface area contributed by atoms with Crippen molar-refractivity contribution in [3.05, 3.63) is 47.5 Å². The Bertz CT molecular complexity index is 848. The Kier molecular flexibility index (Phi) is 4.03. The molecule has 0 fully saturated rings. The third-order valence-electron chi connectivity index (χ3n) is 3.30. The molecule has 23 heavy (non-hydrogen) atoms. The highest BCUT2D eigenvalue weighted by atomic mass is 32.1. The molecule has 1 aromatic carbocycles. The van der Waals surface area contributed by atoms with Gasteiger partial charge in [0.15, 0.2) is 5.75 Å². The van der Waals surface area contributed by atoms with E-state index in [0.29, 0.717) is 26.5 Å². The summed E-state index contributed by atoms with van der Waals surface area (Å²) < 4.78 is 4.76. The maximum Gasteiger partial charge on any atom is 0.350 e. The van der Waals surface area contributed by atoms with Crippen LogP contribution in [0, 0.1) is 0 Å². The summed E-state index contributed by atoms with van der Waals surface area (Å²) in [6.45, 7) is 0. The number of para-hydroxylation sites is 1. The summed E-state index contributed by atoms with van der Waals surface area (Å²) in [4.78, 5) is 22.9. The van der Waals surface area contributed by atoms with E-state index in [1.54, 1.807) is 24.4 Å². The van der Waals surface area contributed by atoms with Crippen molar-refractivity contribution < 1.29 is 14.4 Å². The molecule has 2 N–H and O–H groups in total. The normalized spacial score (nSPS) is 10.5. The van der Waals surface area contributed by atoms with Crippen LogP contribution in [-0.2, 0) is 4.74 Å². The summed E-state index contributed by atoms with van der Waals surface area (Å²) in [5, 5.41) is 2.28. The van der Waals surface area contributed by atoms with Gasteiger partial charge in [0.05, 0.1) is 23.9 Å². The first-order valence-electron chi connectivity index (χ1n) is 6.84. The molecule has 6 nitrogen and oxygen atoms in total. The largest absolute Gasteiger partial charge is 0.465 e. The number of methoxy groups -OCH3 is 1. The monoisotopic (exact) mass is 329 g/mol. The van der Waals surface area contributed by atoms with Crippen molar-refractivity contribution >= 4 is 38.9 Å². The van der Waals surface area contributed by atoms with Crippen molar-refractivity contribution in [2.45, 2.75) is 0 Å². The summed E-state index contributed by atoms with van der Waals surface area (Å²) in [7, 11) is 3.10. The van der Waals surface area contributed by atoms with Crippen LogP contribution in [0.25, 0.3) is 10.2 Å². The van der Waals surface area contributed by atoms with Crippen LogP contribution in [0.1, 0.15) is 9.67 Å². The molecule has 3 rings (SSSR count). The first-order chi connectivity index (χ1) is 11.1. The highest BCUT2D eigenvalue weighted by Gasteiger charge is 2.21. The molecule has 2 heterocycles. The number of hydroxylamine groups is 1. The van der Waals surface area contributed by atoms with Crippen LogP contribution < -0.4 is 15.6 Å². The van der Waals surface area contributed by atoms with Gasteiger partial charge in [0.2, 0.25) is 0 Å². The molecular weight excluding hydrogens is 314 g/mol. The lowest BCUT2D eigenvalue weighted by molar-refractivity contribution is 0.0607. The van der Waals surface area contributed by atoms with Crippen molar-refractivity contribution in [3.63, 3.8) is 0 Å². The molecule has 0 spiro atoms. The predicted octanol–water partition coefficient (Wildman–Crippen LogP) is 3.10. The number of fused-ring (bicyclic) bond motifs is 1. The number of hydrogen-bond donors (Lipinski definition) is 1. The summed E-state index contributed by atoms with van der Waals surface area (Å²) in [6, 6.07) is 11.2. The van der Waals surface area contributed by atoms with E-state index >= 15 is 0 Å². The zero-order chi connectivity index (χ0) is 16.4. The Morgan fingerprint density at radius 3 is 2.70 bits per heavy atom. The van der Waals surface area contributed by atoms with Crippen molar-refractivity contribution in [3.8, 4) is 5.75 Å². The van der Waals surface area contributed by atoms with Gasteiger partial charge in [0.25, 0.3) is 0 Å². The van der Waals surface area contributed by atoms with Gasteiger partial charge in [-0.05, 0) is 18.2 Å². The smallest absolute Gasteiger partial charge is 0.350 e. The van der Waals surface area contributed by atoms with Crippen molar-refractivity contribution in [1.82, 2.24) is 4.98 Å². The zero-order valence-electron chi connectivity index (χ0n) is 12.6. The van der Waals surface area contributed by atoms with Crippen LogP contribution in [-0.4, -0.2) is 25.1 Å². The minimum Gasteiger partial charge on any atom is -0.465 e. The van der Waals surface area contributed by atoms with E-state index in [1.807, 2.05) is 30.3 Å². The zero-order valence-corrected chi connectivity index (χ0v) is 13.5. The highest BCUT2D eigenvalue weighted by molar-refractivity contribution is 7.21.